The van der Waals surface area contributed by atoms with Crippen molar-refractivity contribution in [3.8, 4) is 5.69 Å². The number of hydrogen-bond acceptors (Lipinski definition) is 5. The van der Waals surface area contributed by atoms with Crippen molar-refractivity contribution in [2.24, 2.45) is 17.8 Å². The molecule has 2 aromatic rings. The molecule has 0 atom stereocenters. The topological polar surface area (TPSA) is 99.4 Å². The fourth-order valence-electron chi connectivity index (χ4n) is 2.31. The van der Waals surface area contributed by atoms with E-state index in [0.29, 0.717) is 6.07 Å². The molecule has 0 spiro atoms. The molecular weight excluding hydrogens is 384 g/mol. The lowest BCUT2D eigenvalue weighted by atomic mass is 10.1. The van der Waals surface area contributed by atoms with Crippen LogP contribution in [-0.2, 0) is 24.6 Å². The fourth-order valence-corrected chi connectivity index (χ4v) is 2.57. The van der Waals surface area contributed by atoms with Gasteiger partial charge in [0.05, 0.1) is 5.02 Å². The van der Waals surface area contributed by atoms with E-state index in [4.69, 9.17) is 17.3 Å². The van der Waals surface area contributed by atoms with Crippen LogP contribution in [0.15, 0.2) is 26.7 Å². The van der Waals surface area contributed by atoms with Crippen molar-refractivity contribution in [2.45, 2.75) is 12.7 Å². The summed E-state index contributed by atoms with van der Waals surface area (Å²) in [6.45, 7) is -0.359. The van der Waals surface area contributed by atoms with E-state index in [-0.39, 0.29) is 32.3 Å². The molecule has 0 aliphatic rings. The van der Waals surface area contributed by atoms with E-state index < -0.39 is 40.3 Å². The van der Waals surface area contributed by atoms with Gasteiger partial charge in [-0.15, -0.1) is 0 Å². The molecule has 26 heavy (non-hydrogen) atoms. The normalized spacial score (nSPS) is 11.3. The van der Waals surface area contributed by atoms with Crippen LogP contribution < -0.4 is 17.0 Å². The lowest BCUT2D eigenvalue weighted by Crippen LogP contribution is -2.41. The zero-order valence-corrected chi connectivity index (χ0v) is 13.7. The van der Waals surface area contributed by atoms with Crippen molar-refractivity contribution in [3.63, 3.8) is 0 Å². The maximum absolute atomic E-state index is 14.4. The summed E-state index contributed by atoms with van der Waals surface area (Å²) in [6.07, 6.45) is -3.89. The van der Waals surface area contributed by atoms with E-state index in [9.17, 15) is 31.9 Å². The van der Waals surface area contributed by atoms with Gasteiger partial charge in [-0.2, -0.15) is 18.2 Å². The molecule has 0 radical (unpaired) electrons. The molecule has 1 heterocycles. The van der Waals surface area contributed by atoms with Crippen molar-refractivity contribution >= 4 is 23.4 Å². The Morgan fingerprint density at radius 2 is 1.92 bits per heavy atom. The lowest BCUT2D eigenvalue weighted by molar-refractivity contribution is -0.144. The van der Waals surface area contributed by atoms with Crippen LogP contribution in [0.1, 0.15) is 11.3 Å². The number of nitrogens with two attached hydrogens (primary N) is 1. The summed E-state index contributed by atoms with van der Waals surface area (Å²) < 4.78 is 53.4. The molecule has 0 fully saturated rings. The Hall–Kier alpha value is -2.75. The number of rotatable bonds is 3. The molecule has 2 rings (SSSR count). The van der Waals surface area contributed by atoms with Gasteiger partial charge < -0.3 is 5.73 Å². The second-order valence-corrected chi connectivity index (χ2v) is 5.37. The monoisotopic (exact) mass is 392 g/mol. The zero-order chi connectivity index (χ0) is 19.8. The summed E-state index contributed by atoms with van der Waals surface area (Å²) in [4.78, 5) is 38.3. The van der Waals surface area contributed by atoms with Gasteiger partial charge in [0.25, 0.3) is 5.56 Å². The van der Waals surface area contributed by atoms with Crippen molar-refractivity contribution in [1.29, 1.82) is 0 Å². The summed E-state index contributed by atoms with van der Waals surface area (Å²) in [5.74, 6) is -1.26. The van der Waals surface area contributed by atoms with Crippen LogP contribution in [0, 0.1) is 5.82 Å². The maximum Gasteiger partial charge on any atom is 0.431 e. The van der Waals surface area contributed by atoms with Crippen LogP contribution in [0.3, 0.4) is 0 Å². The first-order chi connectivity index (χ1) is 12.0. The van der Waals surface area contributed by atoms with E-state index in [1.807, 2.05) is 0 Å². The number of alkyl halides is 3. The Balaban J connectivity index is 3.04. The number of nitrogens with zero attached hydrogens (tertiary/aromatic N) is 3. The summed E-state index contributed by atoms with van der Waals surface area (Å²) in [6, 6.07) is 0.818. The molecule has 12 heteroatoms. The van der Waals surface area contributed by atoms with Gasteiger partial charge in [-0.3, -0.25) is 9.36 Å². The fraction of sp³-hybridized carbons (Fsp3) is 0.214. The molecule has 0 bridgehead atoms. The number of halogens is 5. The van der Waals surface area contributed by atoms with Crippen LogP contribution in [0.5, 0.6) is 0 Å². The minimum absolute atomic E-state index is 0.0970. The Morgan fingerprint density at radius 1 is 1.31 bits per heavy atom. The molecule has 0 aliphatic heterocycles. The van der Waals surface area contributed by atoms with Gasteiger partial charge in [-0.25, -0.2) is 18.5 Å². The molecule has 138 valence electrons. The number of benzene rings is 1. The number of carbonyl (C=O) groups excluding carboxylic acids is 1. The quantitative estimate of drug-likeness (QED) is 0.489. The van der Waals surface area contributed by atoms with E-state index in [1.165, 1.54) is 0 Å². The summed E-state index contributed by atoms with van der Waals surface area (Å²) >= 11 is 5.80. The van der Waals surface area contributed by atoms with Crippen molar-refractivity contribution in [1.82, 2.24) is 9.13 Å². The van der Waals surface area contributed by atoms with E-state index >= 15 is 0 Å². The molecule has 0 saturated heterocycles. The number of isocyanates is 1. The third-order valence-corrected chi connectivity index (χ3v) is 3.81. The van der Waals surface area contributed by atoms with Crippen LogP contribution >= 0.6 is 11.6 Å². The minimum atomic E-state index is -4.99. The molecule has 7 nitrogen and oxygen atoms in total. The molecule has 0 aliphatic carbocycles. The van der Waals surface area contributed by atoms with Crippen molar-refractivity contribution in [2.75, 3.05) is 0 Å². The molecule has 2 N–H and O–H groups in total. The SMILES string of the molecule is Cn1c(C(F)(F)F)cc(=O)n(-c2c(F)cc(Cl)c(CN)c2N=C=O)c1=O. The predicted octanol–water partition coefficient (Wildman–Crippen LogP) is 1.77. The van der Waals surface area contributed by atoms with Gasteiger partial charge in [0.1, 0.15) is 17.1 Å². The molecule has 0 amide bonds. The highest BCUT2D eigenvalue weighted by Gasteiger charge is 2.35. The highest BCUT2D eigenvalue weighted by atomic mass is 35.5. The third-order valence-electron chi connectivity index (χ3n) is 3.47. The Kier molecular flexibility index (Phi) is 5.17. The second kappa shape index (κ2) is 6.87. The summed E-state index contributed by atoms with van der Waals surface area (Å²) in [5, 5.41) is -0.250. The Bertz CT molecular complexity index is 1050. The van der Waals surface area contributed by atoms with Crippen molar-refractivity contribution < 1.29 is 22.4 Å². The van der Waals surface area contributed by atoms with Gasteiger partial charge >= 0.3 is 11.9 Å². The number of aromatic nitrogens is 2. The number of aliphatic imine (C=N–C) groups is 1. The van der Waals surface area contributed by atoms with Crippen LogP contribution in [0.2, 0.25) is 5.02 Å². The van der Waals surface area contributed by atoms with Gasteiger partial charge in [0, 0.05) is 25.2 Å². The van der Waals surface area contributed by atoms with Crippen LogP contribution in [-0.4, -0.2) is 15.2 Å². The standard InChI is InChI=1S/C14H9ClF4N4O3/c1-22-9(14(17,18)19)3-10(25)23(13(22)26)12-8(16)2-7(15)6(4-20)11(12)21-5-24/h2-3H,4,20H2,1H3. The van der Waals surface area contributed by atoms with Gasteiger partial charge in [0.2, 0.25) is 6.08 Å². The average molecular weight is 393 g/mol. The molecule has 1 aromatic carbocycles. The zero-order valence-electron chi connectivity index (χ0n) is 12.9. The summed E-state index contributed by atoms with van der Waals surface area (Å²) in [7, 11) is 0.751. The highest BCUT2D eigenvalue weighted by Crippen LogP contribution is 2.34. The lowest BCUT2D eigenvalue weighted by Gasteiger charge is -2.16. The van der Waals surface area contributed by atoms with Gasteiger partial charge in [-0.1, -0.05) is 11.6 Å². The van der Waals surface area contributed by atoms with E-state index in [0.717, 1.165) is 13.1 Å². The minimum Gasteiger partial charge on any atom is -0.326 e. The first kappa shape index (κ1) is 19.6. The number of hydrogen-bond donors (Lipinski definition) is 1. The van der Waals surface area contributed by atoms with Crippen LogP contribution in [0.25, 0.3) is 5.69 Å². The third kappa shape index (κ3) is 3.19. The first-order valence-electron chi connectivity index (χ1n) is 6.74. The second-order valence-electron chi connectivity index (χ2n) is 4.97. The van der Waals surface area contributed by atoms with Gasteiger partial charge in [0.15, 0.2) is 5.82 Å². The van der Waals surface area contributed by atoms with E-state index in [1.54, 1.807) is 0 Å². The summed E-state index contributed by atoms with van der Waals surface area (Å²) in [5.41, 5.74) is -0.587. The smallest absolute Gasteiger partial charge is 0.326 e. The molecule has 0 unspecified atom stereocenters. The predicted molar refractivity (Wildman–Crippen MR) is 82.9 cm³/mol. The van der Waals surface area contributed by atoms with Crippen molar-refractivity contribution in [3.05, 3.63) is 55.1 Å². The van der Waals surface area contributed by atoms with Gasteiger partial charge in [-0.05, 0) is 6.07 Å². The van der Waals surface area contributed by atoms with E-state index in [2.05, 4.69) is 4.99 Å². The Morgan fingerprint density at radius 3 is 2.42 bits per heavy atom. The highest BCUT2D eigenvalue weighted by molar-refractivity contribution is 6.31. The largest absolute Gasteiger partial charge is 0.431 e. The van der Waals surface area contributed by atoms with Crippen LogP contribution in [0.4, 0.5) is 23.2 Å². The first-order valence-corrected chi connectivity index (χ1v) is 7.11. The molecule has 0 saturated carbocycles. The molecule has 1 aromatic heterocycles. The molecular formula is C14H9ClF4N4O3. The average Bonchev–Trinajstić information content (AvgIpc) is 2.52. The Labute approximate surface area is 146 Å². The maximum atomic E-state index is 14.4.